The van der Waals surface area contributed by atoms with Crippen LogP contribution in [0.5, 0.6) is 0 Å². The molecule has 0 spiro atoms. The lowest BCUT2D eigenvalue weighted by Crippen LogP contribution is -2.28. The van der Waals surface area contributed by atoms with Crippen LogP contribution in [0.15, 0.2) is 48.5 Å². The molecule has 2 aromatic rings. The summed E-state index contributed by atoms with van der Waals surface area (Å²) in [4.78, 5) is 38.0. The predicted octanol–water partition coefficient (Wildman–Crippen LogP) is 2.34. The van der Waals surface area contributed by atoms with Gasteiger partial charge in [-0.3, -0.25) is 14.4 Å². The quantitative estimate of drug-likeness (QED) is 0.866. The van der Waals surface area contributed by atoms with Gasteiger partial charge in [0, 0.05) is 18.7 Å². The van der Waals surface area contributed by atoms with Crippen molar-refractivity contribution in [2.24, 2.45) is 11.7 Å². The summed E-state index contributed by atoms with van der Waals surface area (Å²) in [5, 5.41) is 2.73. The van der Waals surface area contributed by atoms with Crippen molar-refractivity contribution in [2.75, 3.05) is 16.8 Å². The van der Waals surface area contributed by atoms with Gasteiger partial charge in [-0.1, -0.05) is 31.2 Å². The Morgan fingerprint density at radius 1 is 1.15 bits per heavy atom. The zero-order valence-corrected chi connectivity index (χ0v) is 14.6. The Labute approximate surface area is 152 Å². The second-order valence-electron chi connectivity index (χ2n) is 6.32. The molecule has 3 rings (SSSR count). The zero-order chi connectivity index (χ0) is 18.7. The van der Waals surface area contributed by atoms with Crippen molar-refractivity contribution in [3.05, 3.63) is 59.7 Å². The molecule has 3 N–H and O–H groups in total. The Morgan fingerprint density at radius 2 is 1.85 bits per heavy atom. The first-order chi connectivity index (χ1) is 12.5. The third kappa shape index (κ3) is 3.59. The maximum Gasteiger partial charge on any atom is 0.250 e. The molecule has 26 heavy (non-hydrogen) atoms. The highest BCUT2D eigenvalue weighted by molar-refractivity contribution is 6.06. The van der Waals surface area contributed by atoms with Gasteiger partial charge >= 0.3 is 0 Å². The van der Waals surface area contributed by atoms with Gasteiger partial charge in [0.2, 0.25) is 11.8 Å². The topological polar surface area (TPSA) is 92.5 Å². The van der Waals surface area contributed by atoms with E-state index in [9.17, 15) is 14.4 Å². The molecule has 0 saturated carbocycles. The van der Waals surface area contributed by atoms with E-state index in [1.807, 2.05) is 24.3 Å². The number of nitrogens with zero attached hydrogens (tertiary/aromatic N) is 1. The highest BCUT2D eigenvalue weighted by atomic mass is 16.2. The number of nitrogens with two attached hydrogens (primary N) is 1. The molecule has 1 aliphatic rings. The molecular formula is C20H21N3O3. The van der Waals surface area contributed by atoms with E-state index in [-0.39, 0.29) is 23.8 Å². The second-order valence-corrected chi connectivity index (χ2v) is 6.32. The van der Waals surface area contributed by atoms with Gasteiger partial charge in [0.15, 0.2) is 0 Å². The first kappa shape index (κ1) is 17.7. The minimum atomic E-state index is -0.610. The Hall–Kier alpha value is -3.15. The summed E-state index contributed by atoms with van der Waals surface area (Å²) in [6.45, 7) is 2.38. The number of aryl methyl sites for hydroxylation is 1. The van der Waals surface area contributed by atoms with E-state index in [1.165, 1.54) is 5.56 Å². The van der Waals surface area contributed by atoms with Crippen molar-refractivity contribution < 1.29 is 14.4 Å². The molecule has 1 fully saturated rings. The molecule has 1 heterocycles. The third-order valence-electron chi connectivity index (χ3n) is 4.60. The SMILES string of the molecule is CCc1ccc(N2C[C@H](C(=O)Nc3ccccc3C(N)=O)CC2=O)cc1. The van der Waals surface area contributed by atoms with Crippen molar-refractivity contribution in [3.63, 3.8) is 0 Å². The number of nitrogens with one attached hydrogen (secondary N) is 1. The Kier molecular flexibility index (Phi) is 5.02. The van der Waals surface area contributed by atoms with Crippen LogP contribution in [0.1, 0.15) is 29.3 Å². The van der Waals surface area contributed by atoms with Gasteiger partial charge in [0.1, 0.15) is 0 Å². The summed E-state index contributed by atoms with van der Waals surface area (Å²) in [6, 6.07) is 14.3. The van der Waals surface area contributed by atoms with Gasteiger partial charge in [0.25, 0.3) is 5.91 Å². The Balaban J connectivity index is 1.72. The lowest BCUT2D eigenvalue weighted by molar-refractivity contribution is -0.122. The first-order valence-electron chi connectivity index (χ1n) is 8.58. The van der Waals surface area contributed by atoms with Crippen LogP contribution in [0.3, 0.4) is 0 Å². The second kappa shape index (κ2) is 7.39. The Morgan fingerprint density at radius 3 is 2.50 bits per heavy atom. The first-order valence-corrected chi connectivity index (χ1v) is 8.58. The van der Waals surface area contributed by atoms with Crippen molar-refractivity contribution in [1.29, 1.82) is 0 Å². The number of rotatable bonds is 5. The number of hydrogen-bond donors (Lipinski definition) is 2. The van der Waals surface area contributed by atoms with Gasteiger partial charge in [0.05, 0.1) is 17.2 Å². The summed E-state index contributed by atoms with van der Waals surface area (Å²) in [6.07, 6.45) is 1.07. The van der Waals surface area contributed by atoms with Crippen molar-refractivity contribution in [1.82, 2.24) is 0 Å². The van der Waals surface area contributed by atoms with Crippen LogP contribution in [0.2, 0.25) is 0 Å². The molecule has 2 aromatic carbocycles. The highest BCUT2D eigenvalue weighted by Gasteiger charge is 2.35. The maximum atomic E-state index is 12.6. The molecule has 3 amide bonds. The average Bonchev–Trinajstić information content (AvgIpc) is 3.04. The number of anilines is 2. The number of primary amides is 1. The summed E-state index contributed by atoms with van der Waals surface area (Å²) in [7, 11) is 0. The Bertz CT molecular complexity index is 846. The van der Waals surface area contributed by atoms with E-state index in [0.717, 1.165) is 12.1 Å². The van der Waals surface area contributed by atoms with E-state index in [0.29, 0.717) is 12.2 Å². The summed E-state index contributed by atoms with van der Waals surface area (Å²) in [5.41, 5.74) is 7.93. The van der Waals surface area contributed by atoms with Crippen LogP contribution in [0, 0.1) is 5.92 Å². The minimum Gasteiger partial charge on any atom is -0.366 e. The molecule has 0 unspecified atom stereocenters. The zero-order valence-electron chi connectivity index (χ0n) is 14.6. The van der Waals surface area contributed by atoms with E-state index in [2.05, 4.69) is 12.2 Å². The average molecular weight is 351 g/mol. The van der Waals surface area contributed by atoms with Crippen LogP contribution in [-0.2, 0) is 16.0 Å². The molecule has 1 atom stereocenters. The molecule has 1 saturated heterocycles. The standard InChI is InChI=1S/C20H21N3O3/c1-2-13-7-9-15(10-8-13)23-12-14(11-18(23)24)20(26)22-17-6-4-3-5-16(17)19(21)25/h3-10,14H,2,11-12H2,1H3,(H2,21,25)(H,22,26)/t14-/m1/s1. The largest absolute Gasteiger partial charge is 0.366 e. The van der Waals surface area contributed by atoms with Crippen LogP contribution >= 0.6 is 0 Å². The molecule has 6 heteroatoms. The van der Waals surface area contributed by atoms with Crippen molar-refractivity contribution >= 4 is 29.1 Å². The fraction of sp³-hybridized carbons (Fsp3) is 0.250. The van der Waals surface area contributed by atoms with Crippen LogP contribution < -0.4 is 16.0 Å². The smallest absolute Gasteiger partial charge is 0.250 e. The van der Waals surface area contributed by atoms with Gasteiger partial charge < -0.3 is 16.0 Å². The lowest BCUT2D eigenvalue weighted by atomic mass is 10.1. The van der Waals surface area contributed by atoms with Crippen LogP contribution in [-0.4, -0.2) is 24.3 Å². The monoisotopic (exact) mass is 351 g/mol. The molecule has 134 valence electrons. The lowest BCUT2D eigenvalue weighted by Gasteiger charge is -2.17. The van der Waals surface area contributed by atoms with E-state index in [4.69, 9.17) is 5.73 Å². The number of carbonyl (C=O) groups excluding carboxylic acids is 3. The molecular weight excluding hydrogens is 330 g/mol. The number of hydrogen-bond acceptors (Lipinski definition) is 3. The van der Waals surface area contributed by atoms with E-state index in [1.54, 1.807) is 29.2 Å². The summed E-state index contributed by atoms with van der Waals surface area (Å²) in [5.74, 6) is -1.47. The molecule has 1 aliphatic heterocycles. The number of carbonyl (C=O) groups is 3. The van der Waals surface area contributed by atoms with Crippen LogP contribution in [0.25, 0.3) is 0 Å². The minimum absolute atomic E-state index is 0.0856. The highest BCUT2D eigenvalue weighted by Crippen LogP contribution is 2.27. The van der Waals surface area contributed by atoms with E-state index >= 15 is 0 Å². The van der Waals surface area contributed by atoms with Gasteiger partial charge in [-0.05, 0) is 36.2 Å². The molecule has 0 bridgehead atoms. The van der Waals surface area contributed by atoms with Crippen LogP contribution in [0.4, 0.5) is 11.4 Å². The van der Waals surface area contributed by atoms with Gasteiger partial charge in [-0.25, -0.2) is 0 Å². The van der Waals surface area contributed by atoms with Crippen molar-refractivity contribution in [3.8, 4) is 0 Å². The fourth-order valence-electron chi connectivity index (χ4n) is 3.09. The van der Waals surface area contributed by atoms with Gasteiger partial charge in [-0.2, -0.15) is 0 Å². The normalized spacial score (nSPS) is 16.6. The predicted molar refractivity (Wildman–Crippen MR) is 99.9 cm³/mol. The molecule has 0 radical (unpaired) electrons. The fourth-order valence-corrected chi connectivity index (χ4v) is 3.09. The molecule has 0 aliphatic carbocycles. The number of benzene rings is 2. The number of para-hydroxylation sites is 1. The summed E-state index contributed by atoms with van der Waals surface area (Å²) < 4.78 is 0. The molecule has 0 aromatic heterocycles. The van der Waals surface area contributed by atoms with E-state index < -0.39 is 11.8 Å². The van der Waals surface area contributed by atoms with Gasteiger partial charge in [-0.15, -0.1) is 0 Å². The molecule has 6 nitrogen and oxygen atoms in total. The van der Waals surface area contributed by atoms with Crippen molar-refractivity contribution in [2.45, 2.75) is 19.8 Å². The number of amides is 3. The maximum absolute atomic E-state index is 12.6. The summed E-state index contributed by atoms with van der Waals surface area (Å²) >= 11 is 0. The third-order valence-corrected chi connectivity index (χ3v) is 4.60.